The summed E-state index contributed by atoms with van der Waals surface area (Å²) in [6, 6.07) is 10.6. The smallest absolute Gasteiger partial charge is 0.269 e. The average Bonchev–Trinajstić information content (AvgIpc) is 2.53. The molecule has 0 aliphatic rings. The van der Waals surface area contributed by atoms with Gasteiger partial charge in [0, 0.05) is 30.8 Å². The largest absolute Gasteiger partial charge is 0.381 e. The first-order valence-corrected chi connectivity index (χ1v) is 7.45. The van der Waals surface area contributed by atoms with E-state index in [1.54, 1.807) is 18.2 Å². The molecule has 0 spiro atoms. The normalized spacial score (nSPS) is 10.2. The molecule has 2 rings (SSSR count). The van der Waals surface area contributed by atoms with Crippen molar-refractivity contribution in [3.63, 3.8) is 0 Å². The van der Waals surface area contributed by atoms with Gasteiger partial charge in [-0.1, -0.05) is 29.3 Å². The summed E-state index contributed by atoms with van der Waals surface area (Å²) < 4.78 is 0. The van der Waals surface area contributed by atoms with Crippen LogP contribution in [0.2, 0.25) is 10.0 Å². The van der Waals surface area contributed by atoms with Crippen molar-refractivity contribution in [1.29, 1.82) is 0 Å². The number of nitrogens with one attached hydrogen (secondary N) is 2. The van der Waals surface area contributed by atoms with Crippen molar-refractivity contribution in [2.24, 2.45) is 0 Å². The Morgan fingerprint density at radius 3 is 2.22 bits per heavy atom. The van der Waals surface area contributed by atoms with E-state index in [0.29, 0.717) is 34.4 Å². The molecule has 0 aliphatic carbocycles. The van der Waals surface area contributed by atoms with Crippen LogP contribution in [0.4, 0.5) is 11.4 Å². The molecule has 0 saturated carbocycles. The summed E-state index contributed by atoms with van der Waals surface area (Å²) in [7, 11) is 0. The van der Waals surface area contributed by atoms with Crippen molar-refractivity contribution >= 4 is 40.5 Å². The van der Waals surface area contributed by atoms with Gasteiger partial charge in [-0.15, -0.1) is 0 Å². The number of para-hydroxylation sites is 1. The number of amides is 1. The van der Waals surface area contributed by atoms with Gasteiger partial charge in [-0.25, -0.2) is 0 Å². The van der Waals surface area contributed by atoms with Crippen LogP contribution >= 0.6 is 23.2 Å². The molecule has 2 N–H and O–H groups in total. The first-order chi connectivity index (χ1) is 11.0. The molecule has 8 heteroatoms. The van der Waals surface area contributed by atoms with Gasteiger partial charge < -0.3 is 10.6 Å². The number of halogens is 2. The Morgan fingerprint density at radius 2 is 1.65 bits per heavy atom. The van der Waals surface area contributed by atoms with E-state index < -0.39 is 4.92 Å². The van der Waals surface area contributed by atoms with Gasteiger partial charge in [0.25, 0.3) is 11.6 Å². The van der Waals surface area contributed by atoms with E-state index in [9.17, 15) is 14.9 Å². The van der Waals surface area contributed by atoms with E-state index in [4.69, 9.17) is 23.2 Å². The van der Waals surface area contributed by atoms with Gasteiger partial charge in [-0.3, -0.25) is 14.9 Å². The summed E-state index contributed by atoms with van der Waals surface area (Å²) >= 11 is 12.0. The van der Waals surface area contributed by atoms with Gasteiger partial charge in [0.2, 0.25) is 0 Å². The molecule has 0 bridgehead atoms. The summed E-state index contributed by atoms with van der Waals surface area (Å²) in [5.41, 5.74) is 0.906. The zero-order chi connectivity index (χ0) is 16.8. The van der Waals surface area contributed by atoms with Crippen LogP contribution < -0.4 is 10.6 Å². The molecule has 2 aromatic carbocycles. The summed E-state index contributed by atoms with van der Waals surface area (Å²) in [5.74, 6) is -0.313. The van der Waals surface area contributed by atoms with Crippen LogP contribution in [0.25, 0.3) is 0 Å². The van der Waals surface area contributed by atoms with Crippen molar-refractivity contribution in [3.05, 3.63) is 68.2 Å². The van der Waals surface area contributed by atoms with Gasteiger partial charge in [0.15, 0.2) is 0 Å². The highest BCUT2D eigenvalue weighted by molar-refractivity contribution is 6.39. The van der Waals surface area contributed by atoms with Gasteiger partial charge in [-0.05, 0) is 24.3 Å². The molecule has 0 atom stereocenters. The number of nitro groups is 1. The Hall–Kier alpha value is -2.31. The number of rotatable bonds is 6. The highest BCUT2D eigenvalue weighted by Crippen LogP contribution is 2.29. The first-order valence-electron chi connectivity index (χ1n) is 6.69. The van der Waals surface area contributed by atoms with E-state index in [1.807, 2.05) is 0 Å². The van der Waals surface area contributed by atoms with Crippen LogP contribution in [-0.2, 0) is 0 Å². The third-order valence-electron chi connectivity index (χ3n) is 3.02. The number of carbonyl (C=O) groups excluding carboxylic acids is 1. The van der Waals surface area contributed by atoms with E-state index in [1.165, 1.54) is 24.3 Å². The third-order valence-corrected chi connectivity index (χ3v) is 3.65. The predicted molar refractivity (Wildman–Crippen MR) is 90.4 cm³/mol. The fourth-order valence-corrected chi connectivity index (χ4v) is 2.40. The standard InChI is InChI=1S/C15H13Cl2N3O3/c16-12-2-1-3-13(17)14(12)18-8-9-19-15(21)10-4-6-11(7-5-10)20(22)23/h1-7,18H,8-9H2,(H,19,21). The molecule has 120 valence electrons. The maximum absolute atomic E-state index is 11.9. The van der Waals surface area contributed by atoms with Gasteiger partial charge >= 0.3 is 0 Å². The van der Waals surface area contributed by atoms with Crippen LogP contribution in [0.15, 0.2) is 42.5 Å². The predicted octanol–water partition coefficient (Wildman–Crippen LogP) is 3.74. The van der Waals surface area contributed by atoms with Crippen molar-refractivity contribution in [2.45, 2.75) is 0 Å². The van der Waals surface area contributed by atoms with Crippen molar-refractivity contribution < 1.29 is 9.72 Å². The van der Waals surface area contributed by atoms with Gasteiger partial charge in [0.1, 0.15) is 0 Å². The molecule has 0 aromatic heterocycles. The molecule has 23 heavy (non-hydrogen) atoms. The van der Waals surface area contributed by atoms with E-state index in [-0.39, 0.29) is 11.6 Å². The molecular weight excluding hydrogens is 341 g/mol. The monoisotopic (exact) mass is 353 g/mol. The SMILES string of the molecule is O=C(NCCNc1c(Cl)cccc1Cl)c1ccc([N+](=O)[O-])cc1. The number of hydrogen-bond donors (Lipinski definition) is 2. The molecule has 0 saturated heterocycles. The molecular formula is C15H13Cl2N3O3. The zero-order valence-corrected chi connectivity index (χ0v) is 13.4. The number of hydrogen-bond acceptors (Lipinski definition) is 4. The lowest BCUT2D eigenvalue weighted by Gasteiger charge is -2.11. The lowest BCUT2D eigenvalue weighted by molar-refractivity contribution is -0.384. The van der Waals surface area contributed by atoms with E-state index in [0.717, 1.165) is 0 Å². The topological polar surface area (TPSA) is 84.3 Å². The number of non-ortho nitro benzene ring substituents is 1. The van der Waals surface area contributed by atoms with Crippen LogP contribution in [0.5, 0.6) is 0 Å². The maximum Gasteiger partial charge on any atom is 0.269 e. The lowest BCUT2D eigenvalue weighted by atomic mass is 10.2. The van der Waals surface area contributed by atoms with Crippen molar-refractivity contribution in [3.8, 4) is 0 Å². The van der Waals surface area contributed by atoms with Crippen molar-refractivity contribution in [1.82, 2.24) is 5.32 Å². The molecule has 0 aliphatic heterocycles. The van der Waals surface area contributed by atoms with Crippen LogP contribution in [0.3, 0.4) is 0 Å². The lowest BCUT2D eigenvalue weighted by Crippen LogP contribution is -2.28. The Labute approximate surface area is 142 Å². The average molecular weight is 354 g/mol. The molecule has 0 unspecified atom stereocenters. The number of nitrogens with zero attached hydrogens (tertiary/aromatic N) is 1. The molecule has 1 amide bonds. The minimum absolute atomic E-state index is 0.0587. The maximum atomic E-state index is 11.9. The number of benzene rings is 2. The van der Waals surface area contributed by atoms with Crippen molar-refractivity contribution in [2.75, 3.05) is 18.4 Å². The highest BCUT2D eigenvalue weighted by Gasteiger charge is 2.09. The Balaban J connectivity index is 1.84. The summed E-state index contributed by atoms with van der Waals surface area (Å²) in [6.07, 6.45) is 0. The van der Waals surface area contributed by atoms with Crippen LogP contribution in [0.1, 0.15) is 10.4 Å². The summed E-state index contributed by atoms with van der Waals surface area (Å²) in [6.45, 7) is 0.777. The molecule has 0 radical (unpaired) electrons. The fraction of sp³-hybridized carbons (Fsp3) is 0.133. The second kappa shape index (κ2) is 7.80. The highest BCUT2D eigenvalue weighted by atomic mass is 35.5. The number of carbonyl (C=O) groups is 1. The second-order valence-electron chi connectivity index (χ2n) is 4.58. The molecule has 6 nitrogen and oxygen atoms in total. The van der Waals surface area contributed by atoms with Gasteiger partial charge in [-0.2, -0.15) is 0 Å². The fourth-order valence-electron chi connectivity index (χ4n) is 1.87. The molecule has 0 fully saturated rings. The van der Waals surface area contributed by atoms with E-state index in [2.05, 4.69) is 10.6 Å². The summed E-state index contributed by atoms with van der Waals surface area (Å²) in [4.78, 5) is 22.0. The minimum atomic E-state index is -0.515. The van der Waals surface area contributed by atoms with E-state index >= 15 is 0 Å². The van der Waals surface area contributed by atoms with Crippen LogP contribution in [-0.4, -0.2) is 23.9 Å². The molecule has 0 heterocycles. The Bertz CT molecular complexity index is 700. The zero-order valence-electron chi connectivity index (χ0n) is 11.9. The number of nitro benzene ring substituents is 1. The Kier molecular flexibility index (Phi) is 5.78. The first kappa shape index (κ1) is 17.1. The number of anilines is 1. The van der Waals surface area contributed by atoms with Crippen LogP contribution in [0, 0.1) is 10.1 Å². The quantitative estimate of drug-likeness (QED) is 0.470. The minimum Gasteiger partial charge on any atom is -0.381 e. The third kappa shape index (κ3) is 4.58. The summed E-state index contributed by atoms with van der Waals surface area (Å²) in [5, 5.41) is 17.3. The second-order valence-corrected chi connectivity index (χ2v) is 5.40. The van der Waals surface area contributed by atoms with Gasteiger partial charge in [0.05, 0.1) is 20.7 Å². The Morgan fingerprint density at radius 1 is 1.04 bits per heavy atom. The molecule has 2 aromatic rings.